The van der Waals surface area contributed by atoms with Gasteiger partial charge in [-0.05, 0) is 29.8 Å². The van der Waals surface area contributed by atoms with Crippen molar-refractivity contribution in [1.82, 2.24) is 0 Å². The number of carbonyl (C=O) groups excluding carboxylic acids is 2. The smallest absolute Gasteiger partial charge is 0.339 e. The van der Waals surface area contributed by atoms with E-state index in [1.54, 1.807) is 30.3 Å². The summed E-state index contributed by atoms with van der Waals surface area (Å²) in [6, 6.07) is 13.5. The molecule has 0 radical (unpaired) electrons. The van der Waals surface area contributed by atoms with Crippen molar-refractivity contribution in [2.24, 2.45) is 10.9 Å². The summed E-state index contributed by atoms with van der Waals surface area (Å²) in [5.74, 6) is -0.187. The van der Waals surface area contributed by atoms with Crippen molar-refractivity contribution in [2.75, 3.05) is 12.3 Å². The maximum absolute atomic E-state index is 12.5. The molecule has 7 N–H and O–H groups in total. The molecule has 33 heavy (non-hydrogen) atoms. The summed E-state index contributed by atoms with van der Waals surface area (Å²) >= 11 is 0. The van der Waals surface area contributed by atoms with Crippen LogP contribution in [0.15, 0.2) is 59.5 Å². The van der Waals surface area contributed by atoms with Gasteiger partial charge < -0.3 is 21.3 Å². The molecule has 9 nitrogen and oxygen atoms in total. The number of sulfonamides is 1. The highest BCUT2D eigenvalue weighted by atomic mass is 32.2. The minimum atomic E-state index is -4.58. The van der Waals surface area contributed by atoms with Crippen LogP contribution in [0.4, 0.5) is 5.69 Å². The molecule has 0 unspecified atom stereocenters. The molecule has 3 rings (SSSR count). The number of esters is 1. The Morgan fingerprint density at radius 1 is 1.03 bits per heavy atom. The van der Waals surface area contributed by atoms with Crippen LogP contribution in [0, 0.1) is 12.3 Å². The number of amides is 1. The van der Waals surface area contributed by atoms with E-state index in [9.17, 15) is 23.1 Å². The second-order valence-corrected chi connectivity index (χ2v) is 8.38. The molecule has 3 aromatic carbocycles. The molecular weight excluding hydrogens is 446 g/mol. The summed E-state index contributed by atoms with van der Waals surface area (Å²) in [6.07, 6.45) is 5.10. The largest absolute Gasteiger partial charge is 0.507 e. The Morgan fingerprint density at radius 2 is 1.70 bits per heavy atom. The fourth-order valence-corrected chi connectivity index (χ4v) is 4.32. The van der Waals surface area contributed by atoms with Crippen LogP contribution in [-0.2, 0) is 14.8 Å². The number of benzene rings is 3. The van der Waals surface area contributed by atoms with Crippen molar-refractivity contribution in [3.63, 3.8) is 0 Å². The number of phenolic OH excluding ortho intramolecular Hbond substituents is 1. The molecule has 0 spiro atoms. The summed E-state index contributed by atoms with van der Waals surface area (Å²) in [4.78, 5) is 23.9. The van der Waals surface area contributed by atoms with E-state index in [4.69, 9.17) is 27.8 Å². The van der Waals surface area contributed by atoms with E-state index in [-0.39, 0.29) is 34.5 Å². The van der Waals surface area contributed by atoms with E-state index in [1.807, 2.05) is 0 Å². The summed E-state index contributed by atoms with van der Waals surface area (Å²) in [5, 5.41) is 15.9. The van der Waals surface area contributed by atoms with E-state index in [0.717, 1.165) is 6.07 Å². The van der Waals surface area contributed by atoms with Gasteiger partial charge in [0.2, 0.25) is 10.0 Å². The molecule has 0 aliphatic rings. The molecule has 0 bridgehead atoms. The zero-order chi connectivity index (χ0) is 24.3. The van der Waals surface area contributed by atoms with E-state index in [1.165, 1.54) is 18.2 Å². The standard InChI is InChI=1S/C23H19N3O6S/c1-2-10-32-23(29)14-8-9-18(27)16(11-14)17-12-15(13-6-4-3-5-7-13)20(24)19(22(25)28)21(17)33(26,30)31/h1,3-9,11-12,27H,10,24H2,(H2,25,28)(H2,26,30,31). The minimum absolute atomic E-state index is 0.0304. The second-order valence-electron chi connectivity index (χ2n) is 6.88. The van der Waals surface area contributed by atoms with Crippen molar-refractivity contribution in [1.29, 1.82) is 0 Å². The molecule has 0 aromatic heterocycles. The van der Waals surface area contributed by atoms with Gasteiger partial charge in [0.15, 0.2) is 6.61 Å². The SMILES string of the molecule is C#CCOC(=O)c1ccc(O)c(-c2cc(-c3ccccc3)c(N)c(C(N)=O)c2S(N)(=O)=O)c1. The molecule has 1 amide bonds. The van der Waals surface area contributed by atoms with Gasteiger partial charge in [0.1, 0.15) is 10.6 Å². The number of carbonyl (C=O) groups is 2. The van der Waals surface area contributed by atoms with Gasteiger partial charge in [-0.2, -0.15) is 0 Å². The zero-order valence-electron chi connectivity index (χ0n) is 17.1. The lowest BCUT2D eigenvalue weighted by molar-refractivity contribution is 0.0556. The van der Waals surface area contributed by atoms with Gasteiger partial charge in [-0.1, -0.05) is 36.3 Å². The van der Waals surface area contributed by atoms with Crippen molar-refractivity contribution in [3.8, 4) is 40.3 Å². The lowest BCUT2D eigenvalue weighted by Crippen LogP contribution is -2.23. The van der Waals surface area contributed by atoms with E-state index in [2.05, 4.69) is 5.92 Å². The number of aromatic hydroxyl groups is 1. The summed E-state index contributed by atoms with van der Waals surface area (Å²) in [6.45, 7) is -0.288. The van der Waals surface area contributed by atoms with Crippen molar-refractivity contribution >= 4 is 27.6 Å². The monoisotopic (exact) mass is 465 g/mol. The zero-order valence-corrected chi connectivity index (χ0v) is 17.9. The Morgan fingerprint density at radius 3 is 2.27 bits per heavy atom. The Labute approximate surface area is 189 Å². The van der Waals surface area contributed by atoms with Crippen molar-refractivity contribution in [3.05, 3.63) is 65.7 Å². The van der Waals surface area contributed by atoms with Crippen LogP contribution in [0.5, 0.6) is 5.75 Å². The first kappa shape index (κ1) is 23.3. The normalized spacial score (nSPS) is 10.9. The molecular formula is C23H19N3O6S. The highest BCUT2D eigenvalue weighted by molar-refractivity contribution is 7.89. The van der Waals surface area contributed by atoms with Crippen LogP contribution in [0.1, 0.15) is 20.7 Å². The van der Waals surface area contributed by atoms with E-state index in [0.29, 0.717) is 5.56 Å². The third kappa shape index (κ3) is 4.64. The molecule has 168 valence electrons. The summed E-state index contributed by atoms with van der Waals surface area (Å²) in [5.41, 5.74) is 11.4. The third-order valence-electron chi connectivity index (χ3n) is 4.74. The van der Waals surface area contributed by atoms with Crippen LogP contribution >= 0.6 is 0 Å². The van der Waals surface area contributed by atoms with Crippen LogP contribution in [0.2, 0.25) is 0 Å². The van der Waals surface area contributed by atoms with Gasteiger partial charge in [-0.3, -0.25) is 4.79 Å². The number of anilines is 1. The minimum Gasteiger partial charge on any atom is -0.507 e. The van der Waals surface area contributed by atoms with Crippen LogP contribution in [-0.4, -0.2) is 32.0 Å². The molecule has 0 aliphatic carbocycles. The third-order valence-corrected chi connectivity index (χ3v) is 5.74. The maximum atomic E-state index is 12.5. The van der Waals surface area contributed by atoms with Gasteiger partial charge in [0.05, 0.1) is 16.8 Å². The van der Waals surface area contributed by atoms with Gasteiger partial charge in [-0.25, -0.2) is 18.4 Å². The average Bonchev–Trinajstić information content (AvgIpc) is 2.77. The first-order valence-corrected chi connectivity index (χ1v) is 10.9. The van der Waals surface area contributed by atoms with Crippen molar-refractivity contribution < 1.29 is 27.9 Å². The topological polar surface area (TPSA) is 176 Å². The van der Waals surface area contributed by atoms with Gasteiger partial charge in [-0.15, -0.1) is 6.42 Å². The summed E-state index contributed by atoms with van der Waals surface area (Å²) < 4.78 is 30.0. The number of hydrogen-bond donors (Lipinski definition) is 4. The molecule has 0 heterocycles. The highest BCUT2D eigenvalue weighted by Crippen LogP contribution is 2.42. The summed E-state index contributed by atoms with van der Waals surface area (Å²) in [7, 11) is -4.58. The molecule has 0 fully saturated rings. The number of terminal acetylenes is 1. The Bertz CT molecular complexity index is 1410. The Hall–Kier alpha value is -4.33. The Kier molecular flexibility index (Phi) is 6.39. The van der Waals surface area contributed by atoms with E-state index >= 15 is 0 Å². The van der Waals surface area contributed by atoms with Gasteiger partial charge in [0.25, 0.3) is 5.91 Å². The maximum Gasteiger partial charge on any atom is 0.339 e. The number of ether oxygens (including phenoxy) is 1. The molecule has 0 atom stereocenters. The molecule has 10 heteroatoms. The highest BCUT2D eigenvalue weighted by Gasteiger charge is 2.29. The first-order chi connectivity index (χ1) is 15.6. The van der Waals surface area contributed by atoms with Gasteiger partial charge in [0, 0.05) is 16.7 Å². The van der Waals surface area contributed by atoms with Crippen LogP contribution in [0.25, 0.3) is 22.3 Å². The first-order valence-electron chi connectivity index (χ1n) is 9.34. The number of hydrogen-bond acceptors (Lipinski definition) is 7. The second kappa shape index (κ2) is 9.04. The molecule has 0 saturated carbocycles. The number of phenols is 1. The fourth-order valence-electron chi connectivity index (χ4n) is 3.35. The Balaban J connectivity index is 2.43. The van der Waals surface area contributed by atoms with Crippen molar-refractivity contribution in [2.45, 2.75) is 4.90 Å². The van der Waals surface area contributed by atoms with E-state index < -0.39 is 38.1 Å². The molecule has 0 saturated heterocycles. The molecule has 0 aliphatic heterocycles. The predicted octanol–water partition coefficient (Wildman–Crippen LogP) is 1.84. The lowest BCUT2D eigenvalue weighted by Gasteiger charge is -2.19. The average molecular weight is 465 g/mol. The fraction of sp³-hybridized carbons (Fsp3) is 0.0435. The van der Waals surface area contributed by atoms with Gasteiger partial charge >= 0.3 is 5.97 Å². The quantitative estimate of drug-likeness (QED) is 0.244. The number of rotatable bonds is 6. The number of nitrogen functional groups attached to an aromatic ring is 1. The van der Waals surface area contributed by atoms with Crippen LogP contribution < -0.4 is 16.6 Å². The van der Waals surface area contributed by atoms with Crippen LogP contribution in [0.3, 0.4) is 0 Å². The number of nitrogens with two attached hydrogens (primary N) is 3. The lowest BCUT2D eigenvalue weighted by atomic mass is 9.92. The molecule has 3 aromatic rings. The number of primary sulfonamides is 1. The number of primary amides is 1. The predicted molar refractivity (Wildman–Crippen MR) is 122 cm³/mol.